The lowest BCUT2D eigenvalue weighted by atomic mass is 9.96. The molecule has 0 aliphatic carbocycles. The number of hydrogen-bond acceptors (Lipinski definition) is 8. The van der Waals surface area contributed by atoms with Crippen molar-refractivity contribution < 1.29 is 37.8 Å². The summed E-state index contributed by atoms with van der Waals surface area (Å²) in [5.74, 6) is 0. The van der Waals surface area contributed by atoms with Crippen LogP contribution in [-0.4, -0.2) is 89.3 Å². The summed E-state index contributed by atoms with van der Waals surface area (Å²) >= 11 is 0. The van der Waals surface area contributed by atoms with E-state index in [1.54, 1.807) is 0 Å². The predicted molar refractivity (Wildman–Crippen MR) is 82.9 cm³/mol. The molecule has 0 spiro atoms. The lowest BCUT2D eigenvalue weighted by Gasteiger charge is -2.20. The van der Waals surface area contributed by atoms with Gasteiger partial charge in [0.15, 0.2) is 0 Å². The molecule has 6 atom stereocenters. The van der Waals surface area contributed by atoms with E-state index in [-0.39, 0.29) is 19.3 Å². The van der Waals surface area contributed by atoms with Gasteiger partial charge in [0.1, 0.15) is 40.6 Å². The molecular weight excluding hydrogens is 325 g/mol. The van der Waals surface area contributed by atoms with Crippen LogP contribution >= 0.6 is 8.17 Å². The number of ether oxygens (including phenoxy) is 4. The van der Waals surface area contributed by atoms with Crippen LogP contribution in [0.1, 0.15) is 12.8 Å². The molecule has 4 radical (unpaired) electrons. The SMILES string of the molecule is [B]C1CC(OC)C(CO[P+](O)(O)OC2CC([B])OC2COC)O1. The van der Waals surface area contributed by atoms with Crippen molar-refractivity contribution in [3.8, 4) is 0 Å². The second-order valence-electron chi connectivity index (χ2n) is 5.56. The van der Waals surface area contributed by atoms with Crippen molar-refractivity contribution in [1.29, 1.82) is 0 Å². The van der Waals surface area contributed by atoms with E-state index in [1.165, 1.54) is 14.2 Å². The van der Waals surface area contributed by atoms with E-state index in [0.717, 1.165) is 0 Å². The van der Waals surface area contributed by atoms with Gasteiger partial charge in [0.2, 0.25) is 0 Å². The van der Waals surface area contributed by atoms with Crippen molar-refractivity contribution in [3.63, 3.8) is 0 Å². The number of methoxy groups -OCH3 is 2. The van der Waals surface area contributed by atoms with Crippen LogP contribution in [0.5, 0.6) is 0 Å². The molecule has 0 aromatic carbocycles. The highest BCUT2D eigenvalue weighted by Crippen LogP contribution is 2.55. The first kappa shape index (κ1) is 19.6. The van der Waals surface area contributed by atoms with Crippen molar-refractivity contribution in [2.75, 3.05) is 27.4 Å². The van der Waals surface area contributed by atoms with Crippen molar-refractivity contribution in [1.82, 2.24) is 0 Å². The van der Waals surface area contributed by atoms with Crippen LogP contribution in [0.15, 0.2) is 0 Å². The fourth-order valence-corrected chi connectivity index (χ4v) is 3.67. The largest absolute Gasteiger partial charge is 0.570 e. The molecule has 2 heterocycles. The quantitative estimate of drug-likeness (QED) is 0.439. The van der Waals surface area contributed by atoms with E-state index in [0.29, 0.717) is 12.8 Å². The third-order valence-corrected chi connectivity index (χ3v) is 4.80. The molecule has 2 aliphatic heterocycles. The molecule has 11 heteroatoms. The molecule has 128 valence electrons. The Morgan fingerprint density at radius 1 is 1.00 bits per heavy atom. The van der Waals surface area contributed by atoms with Gasteiger partial charge < -0.3 is 18.9 Å². The zero-order valence-corrected chi connectivity index (χ0v) is 14.1. The third kappa shape index (κ3) is 5.63. The van der Waals surface area contributed by atoms with Gasteiger partial charge in [0.25, 0.3) is 0 Å². The minimum absolute atomic E-state index is 0.110. The van der Waals surface area contributed by atoms with Gasteiger partial charge in [-0.25, -0.2) is 0 Å². The van der Waals surface area contributed by atoms with Gasteiger partial charge in [-0.15, -0.1) is 4.52 Å². The second kappa shape index (κ2) is 8.56. The van der Waals surface area contributed by atoms with E-state index in [9.17, 15) is 9.79 Å². The Kier molecular flexibility index (Phi) is 7.28. The Labute approximate surface area is 139 Å². The molecule has 6 unspecified atom stereocenters. The fourth-order valence-electron chi connectivity index (χ4n) is 2.69. The topological polar surface area (TPSA) is 95.8 Å². The normalized spacial score (nSPS) is 38.3. The fraction of sp³-hybridized carbons (Fsp3) is 1.00. The lowest BCUT2D eigenvalue weighted by Crippen LogP contribution is -2.31. The molecule has 2 fully saturated rings. The summed E-state index contributed by atoms with van der Waals surface area (Å²) in [5, 5.41) is 0. The Hall–Kier alpha value is 0.240. The first-order chi connectivity index (χ1) is 10.8. The average Bonchev–Trinajstić information content (AvgIpc) is 2.99. The maximum absolute atomic E-state index is 9.99. The van der Waals surface area contributed by atoms with E-state index in [1.807, 2.05) is 0 Å². The Morgan fingerprint density at radius 3 is 2.13 bits per heavy atom. The molecule has 2 aliphatic rings. The maximum atomic E-state index is 9.99. The zero-order valence-electron chi connectivity index (χ0n) is 13.2. The van der Waals surface area contributed by atoms with Gasteiger partial charge in [0.05, 0.1) is 12.7 Å². The summed E-state index contributed by atoms with van der Waals surface area (Å²) in [6.45, 7) is 0.117. The van der Waals surface area contributed by atoms with Crippen LogP contribution in [0.3, 0.4) is 0 Å². The predicted octanol–water partition coefficient (Wildman–Crippen LogP) is -0.721. The van der Waals surface area contributed by atoms with E-state index in [4.69, 9.17) is 43.7 Å². The van der Waals surface area contributed by atoms with Crippen LogP contribution in [0.2, 0.25) is 0 Å². The highest BCUT2D eigenvalue weighted by Gasteiger charge is 2.49. The molecule has 0 saturated carbocycles. The van der Waals surface area contributed by atoms with Gasteiger partial charge >= 0.3 is 8.17 Å². The van der Waals surface area contributed by atoms with E-state index in [2.05, 4.69) is 0 Å². The molecule has 2 rings (SSSR count). The van der Waals surface area contributed by atoms with Crippen LogP contribution in [0, 0.1) is 0 Å². The van der Waals surface area contributed by atoms with Crippen molar-refractivity contribution in [2.45, 2.75) is 49.3 Å². The monoisotopic (exact) mass is 347 g/mol. The van der Waals surface area contributed by atoms with Gasteiger partial charge in [-0.05, 0) is 12.8 Å². The number of hydrogen-bond donors (Lipinski definition) is 2. The van der Waals surface area contributed by atoms with Gasteiger partial charge in [-0.1, -0.05) is 0 Å². The summed E-state index contributed by atoms with van der Waals surface area (Å²) in [7, 11) is 10.4. The number of rotatable bonds is 8. The second-order valence-corrected chi connectivity index (χ2v) is 7.01. The molecule has 0 amide bonds. The lowest BCUT2D eigenvalue weighted by molar-refractivity contribution is -0.0438. The van der Waals surface area contributed by atoms with Gasteiger partial charge in [0, 0.05) is 26.2 Å². The van der Waals surface area contributed by atoms with E-state index >= 15 is 0 Å². The molecule has 23 heavy (non-hydrogen) atoms. The Morgan fingerprint density at radius 2 is 1.57 bits per heavy atom. The van der Waals surface area contributed by atoms with E-state index < -0.39 is 38.5 Å². The minimum Gasteiger partial charge on any atom is -0.382 e. The van der Waals surface area contributed by atoms with Crippen LogP contribution in [-0.2, 0) is 28.0 Å². The average molecular weight is 347 g/mol. The molecule has 0 aromatic rings. The summed E-state index contributed by atoms with van der Waals surface area (Å²) in [5.41, 5.74) is 0. The standard InChI is InChI=1S/C12H22B2O8P/c1-17-5-9-8(4-12(14)20-9)22-23(15,16)19-6-10-7(18-2)3-11(13)21-10/h7-12,15-16H,3-6H2,1-2H3/q+1. The summed E-state index contributed by atoms with van der Waals surface area (Å²) in [4.78, 5) is 20.0. The Balaban J connectivity index is 1.84. The summed E-state index contributed by atoms with van der Waals surface area (Å²) in [6.07, 6.45) is -1.05. The highest BCUT2D eigenvalue weighted by molar-refractivity contribution is 7.54. The van der Waals surface area contributed by atoms with Crippen molar-refractivity contribution in [2.24, 2.45) is 0 Å². The van der Waals surface area contributed by atoms with Crippen LogP contribution in [0.4, 0.5) is 0 Å². The van der Waals surface area contributed by atoms with Crippen LogP contribution in [0.25, 0.3) is 0 Å². The highest BCUT2D eigenvalue weighted by atomic mass is 31.2. The van der Waals surface area contributed by atoms with Gasteiger partial charge in [-0.2, -0.15) is 14.3 Å². The van der Waals surface area contributed by atoms with Gasteiger partial charge in [-0.3, -0.25) is 0 Å². The van der Waals surface area contributed by atoms with Crippen molar-refractivity contribution in [3.05, 3.63) is 0 Å². The minimum atomic E-state index is -4.06. The molecule has 2 N–H and O–H groups in total. The first-order valence-electron chi connectivity index (χ1n) is 7.36. The molecule has 8 nitrogen and oxygen atoms in total. The summed E-state index contributed by atoms with van der Waals surface area (Å²) in [6, 6.07) is -1.01. The molecule has 0 aromatic heterocycles. The molecule has 2 saturated heterocycles. The van der Waals surface area contributed by atoms with Crippen LogP contribution < -0.4 is 0 Å². The maximum Gasteiger partial charge on any atom is 0.570 e. The molecule has 0 bridgehead atoms. The first-order valence-corrected chi connectivity index (χ1v) is 8.89. The zero-order chi connectivity index (χ0) is 17.0. The third-order valence-electron chi connectivity index (χ3n) is 3.77. The molecular formula is C12H22B2O8P+. The Bertz CT molecular complexity index is 377. The smallest absolute Gasteiger partial charge is 0.382 e. The van der Waals surface area contributed by atoms with Crippen molar-refractivity contribution >= 4 is 23.9 Å². The summed E-state index contributed by atoms with van der Waals surface area (Å²) < 4.78 is 31.4.